The van der Waals surface area contributed by atoms with Crippen LogP contribution in [-0.4, -0.2) is 66.7 Å². The summed E-state index contributed by atoms with van der Waals surface area (Å²) < 4.78 is 5.49. The van der Waals surface area contributed by atoms with Crippen LogP contribution in [0, 0.1) is 0 Å². The van der Waals surface area contributed by atoms with E-state index in [9.17, 15) is 4.79 Å². The zero-order chi connectivity index (χ0) is 22.1. The second kappa shape index (κ2) is 11.4. The van der Waals surface area contributed by atoms with Crippen molar-refractivity contribution < 1.29 is 19.8 Å². The molecular formula is C24H31N3O4. The lowest BCUT2D eigenvalue weighted by Crippen LogP contribution is -2.46. The first-order valence-corrected chi connectivity index (χ1v) is 10.7. The van der Waals surface area contributed by atoms with Crippen molar-refractivity contribution in [3.05, 3.63) is 59.7 Å². The van der Waals surface area contributed by atoms with Gasteiger partial charge in [-0.3, -0.25) is 9.69 Å². The van der Waals surface area contributed by atoms with Gasteiger partial charge in [-0.25, -0.2) is 0 Å². The van der Waals surface area contributed by atoms with Crippen molar-refractivity contribution in [1.29, 1.82) is 0 Å². The molecule has 0 spiro atoms. The number of piperazine rings is 1. The molecule has 0 amide bonds. The van der Waals surface area contributed by atoms with Crippen molar-refractivity contribution in [2.24, 2.45) is 5.16 Å². The maximum absolute atomic E-state index is 10.7. The van der Waals surface area contributed by atoms with E-state index in [0.29, 0.717) is 5.71 Å². The summed E-state index contributed by atoms with van der Waals surface area (Å²) in [4.78, 5) is 15.6. The van der Waals surface area contributed by atoms with Gasteiger partial charge in [0.2, 0.25) is 0 Å². The Balaban J connectivity index is 1.42. The lowest BCUT2D eigenvalue weighted by Gasteiger charge is -2.36. The Morgan fingerprint density at radius 3 is 2.39 bits per heavy atom. The highest BCUT2D eigenvalue weighted by molar-refractivity contribution is 6.01. The maximum atomic E-state index is 10.7. The predicted molar refractivity (Wildman–Crippen MR) is 122 cm³/mol. The monoisotopic (exact) mass is 425 g/mol. The van der Waals surface area contributed by atoms with E-state index in [2.05, 4.69) is 27.1 Å². The summed E-state index contributed by atoms with van der Waals surface area (Å²) in [5.74, 6) is 0.0262. The fraction of sp³-hybridized carbons (Fsp3) is 0.417. The zero-order valence-electron chi connectivity index (χ0n) is 18.0. The minimum Gasteiger partial charge on any atom is -0.495 e. The van der Waals surface area contributed by atoms with Gasteiger partial charge in [0, 0.05) is 32.6 Å². The number of carbonyl (C=O) groups is 1. The van der Waals surface area contributed by atoms with E-state index >= 15 is 0 Å². The fourth-order valence-corrected chi connectivity index (χ4v) is 3.95. The van der Waals surface area contributed by atoms with Gasteiger partial charge in [0.1, 0.15) is 5.75 Å². The quantitative estimate of drug-likeness (QED) is 0.344. The van der Waals surface area contributed by atoms with Gasteiger partial charge in [-0.15, -0.1) is 0 Å². The standard InChI is InChI=1S/C24H31N3O4/c1-31-23-7-3-2-6-22(23)27-17-15-26(16-18-27)14-4-5-19-8-10-20(11-9-19)21(25-30)12-13-24(28)29/h2-3,6-11,30H,4-5,12-18H2,1H3,(H,28,29)/b25-21-. The average Bonchev–Trinajstić information content (AvgIpc) is 2.80. The molecule has 3 rings (SSSR count). The van der Waals surface area contributed by atoms with Crippen molar-refractivity contribution >= 4 is 17.4 Å². The Morgan fingerprint density at radius 1 is 1.03 bits per heavy atom. The summed E-state index contributed by atoms with van der Waals surface area (Å²) >= 11 is 0. The first-order chi connectivity index (χ1) is 15.1. The molecule has 1 saturated heterocycles. The van der Waals surface area contributed by atoms with Crippen LogP contribution in [0.3, 0.4) is 0 Å². The number of anilines is 1. The van der Waals surface area contributed by atoms with Crippen molar-refractivity contribution in [2.45, 2.75) is 25.7 Å². The number of hydrogen-bond donors (Lipinski definition) is 2. The van der Waals surface area contributed by atoms with E-state index in [1.165, 1.54) is 11.3 Å². The highest BCUT2D eigenvalue weighted by Gasteiger charge is 2.19. The Morgan fingerprint density at radius 2 is 1.74 bits per heavy atom. The van der Waals surface area contributed by atoms with Gasteiger partial charge in [-0.2, -0.15) is 0 Å². The van der Waals surface area contributed by atoms with Gasteiger partial charge in [0.25, 0.3) is 0 Å². The van der Waals surface area contributed by atoms with Crippen LogP contribution >= 0.6 is 0 Å². The number of oxime groups is 1. The van der Waals surface area contributed by atoms with Crippen molar-refractivity contribution in [2.75, 3.05) is 44.7 Å². The van der Waals surface area contributed by atoms with E-state index in [4.69, 9.17) is 15.1 Å². The molecule has 1 aliphatic rings. The number of methoxy groups -OCH3 is 1. The summed E-state index contributed by atoms with van der Waals surface area (Å²) in [6, 6.07) is 16.0. The molecule has 2 aromatic rings. The van der Waals surface area contributed by atoms with Crippen LogP contribution in [0.4, 0.5) is 5.69 Å². The van der Waals surface area contributed by atoms with Gasteiger partial charge in [-0.1, -0.05) is 41.6 Å². The number of nitrogens with zero attached hydrogens (tertiary/aromatic N) is 3. The van der Waals surface area contributed by atoms with E-state index in [-0.39, 0.29) is 12.8 Å². The molecule has 0 aliphatic carbocycles. The number of carboxylic acids is 1. The fourth-order valence-electron chi connectivity index (χ4n) is 3.95. The molecule has 0 bridgehead atoms. The lowest BCUT2D eigenvalue weighted by atomic mass is 10.0. The third-order valence-electron chi connectivity index (χ3n) is 5.72. The molecule has 0 radical (unpaired) electrons. The normalized spacial score (nSPS) is 15.1. The number of aliphatic carboxylic acids is 1. The van der Waals surface area contributed by atoms with Crippen LogP contribution in [0.15, 0.2) is 53.7 Å². The number of ether oxygens (including phenoxy) is 1. The highest BCUT2D eigenvalue weighted by atomic mass is 16.5. The van der Waals surface area contributed by atoms with Crippen LogP contribution in [0.2, 0.25) is 0 Å². The molecule has 1 fully saturated rings. The first kappa shape index (κ1) is 22.6. The Labute approximate surface area is 183 Å². The summed E-state index contributed by atoms with van der Waals surface area (Å²) in [5.41, 5.74) is 3.56. The largest absolute Gasteiger partial charge is 0.495 e. The topological polar surface area (TPSA) is 85.6 Å². The minimum atomic E-state index is -0.901. The lowest BCUT2D eigenvalue weighted by molar-refractivity contribution is -0.136. The molecule has 0 unspecified atom stereocenters. The number of carboxylic acid groups (broad SMARTS) is 1. The molecule has 31 heavy (non-hydrogen) atoms. The number of para-hydroxylation sites is 2. The molecule has 7 heteroatoms. The highest BCUT2D eigenvalue weighted by Crippen LogP contribution is 2.28. The Hall–Kier alpha value is -3.06. The third-order valence-corrected chi connectivity index (χ3v) is 5.72. The number of hydrogen-bond acceptors (Lipinski definition) is 6. The maximum Gasteiger partial charge on any atom is 0.303 e. The number of benzene rings is 2. The predicted octanol–water partition coefficient (Wildman–Crippen LogP) is 3.49. The summed E-state index contributed by atoms with van der Waals surface area (Å²) in [6.45, 7) is 5.13. The van der Waals surface area contributed by atoms with Gasteiger partial charge in [-0.05, 0) is 42.6 Å². The summed E-state index contributed by atoms with van der Waals surface area (Å²) in [6.07, 6.45) is 2.22. The molecule has 1 heterocycles. The molecular weight excluding hydrogens is 394 g/mol. The average molecular weight is 426 g/mol. The van der Waals surface area contributed by atoms with Gasteiger partial charge in [0.05, 0.1) is 24.9 Å². The number of rotatable bonds is 10. The first-order valence-electron chi connectivity index (χ1n) is 10.7. The zero-order valence-corrected chi connectivity index (χ0v) is 18.0. The van der Waals surface area contributed by atoms with Crippen LogP contribution in [0.5, 0.6) is 5.75 Å². The van der Waals surface area contributed by atoms with Crippen LogP contribution in [0.25, 0.3) is 0 Å². The van der Waals surface area contributed by atoms with Gasteiger partial charge >= 0.3 is 5.97 Å². The molecule has 1 aliphatic heterocycles. The molecule has 166 valence electrons. The third kappa shape index (κ3) is 6.46. The second-order valence-electron chi connectivity index (χ2n) is 7.74. The van der Waals surface area contributed by atoms with Crippen molar-refractivity contribution in [3.63, 3.8) is 0 Å². The van der Waals surface area contributed by atoms with E-state index in [1.807, 2.05) is 36.4 Å². The van der Waals surface area contributed by atoms with Gasteiger partial charge < -0.3 is 20.0 Å². The summed E-state index contributed by atoms with van der Waals surface area (Å²) in [7, 11) is 1.72. The van der Waals surface area contributed by atoms with Crippen molar-refractivity contribution in [3.8, 4) is 5.75 Å². The Kier molecular flexibility index (Phi) is 8.29. The van der Waals surface area contributed by atoms with E-state index in [1.54, 1.807) is 7.11 Å². The van der Waals surface area contributed by atoms with Gasteiger partial charge in [0.15, 0.2) is 0 Å². The second-order valence-corrected chi connectivity index (χ2v) is 7.74. The minimum absolute atomic E-state index is 0.0501. The van der Waals surface area contributed by atoms with Crippen molar-refractivity contribution in [1.82, 2.24) is 4.90 Å². The smallest absolute Gasteiger partial charge is 0.303 e. The molecule has 2 aromatic carbocycles. The molecule has 0 saturated carbocycles. The molecule has 7 nitrogen and oxygen atoms in total. The van der Waals surface area contributed by atoms with Crippen LogP contribution in [-0.2, 0) is 11.2 Å². The Bertz CT molecular complexity index is 875. The molecule has 0 aromatic heterocycles. The van der Waals surface area contributed by atoms with E-state index < -0.39 is 5.97 Å². The van der Waals surface area contributed by atoms with Crippen LogP contribution in [0.1, 0.15) is 30.4 Å². The van der Waals surface area contributed by atoms with Crippen LogP contribution < -0.4 is 9.64 Å². The molecule has 0 atom stereocenters. The number of aryl methyl sites for hydroxylation is 1. The summed E-state index contributed by atoms with van der Waals surface area (Å²) in [5, 5.41) is 21.2. The molecule has 2 N–H and O–H groups in total. The van der Waals surface area contributed by atoms with E-state index in [0.717, 1.165) is 56.9 Å². The SMILES string of the molecule is COc1ccccc1N1CCN(CCCc2ccc(/C(CCC(=O)O)=N\O)cc2)CC1.